The number of rotatable bonds is 5. The molecule has 4 aliphatic carbocycles. The van der Waals surface area contributed by atoms with E-state index in [0.717, 1.165) is 19.1 Å². The fraction of sp³-hybridized carbons (Fsp3) is 0.778. The number of aliphatic hydroxyl groups is 2. The summed E-state index contributed by atoms with van der Waals surface area (Å²) in [6.45, 7) is 27.7. The van der Waals surface area contributed by atoms with Crippen LogP contribution < -0.4 is 0 Å². The second-order valence-corrected chi connectivity index (χ2v) is 17.0. The van der Waals surface area contributed by atoms with Crippen LogP contribution in [0.2, 0.25) is 0 Å². The maximum atomic E-state index is 14.8. The Labute approximate surface area is 243 Å². The average molecular weight is 553 g/mol. The Morgan fingerprint density at radius 3 is 2.15 bits per heavy atom. The van der Waals surface area contributed by atoms with Gasteiger partial charge in [0.1, 0.15) is 12.1 Å². The van der Waals surface area contributed by atoms with Gasteiger partial charge in [-0.1, -0.05) is 99.6 Å². The molecule has 4 heteroatoms. The fourth-order valence-electron chi connectivity index (χ4n) is 10.4. The van der Waals surface area contributed by atoms with Gasteiger partial charge in [0.05, 0.1) is 17.6 Å². The Balaban J connectivity index is 1.88. The molecule has 0 aromatic heterocycles. The van der Waals surface area contributed by atoms with Gasteiger partial charge in [-0.05, 0) is 72.2 Å². The molecule has 0 aromatic carbocycles. The summed E-state index contributed by atoms with van der Waals surface area (Å²) < 4.78 is 0. The first-order valence-electron chi connectivity index (χ1n) is 15.4. The molecular formula is C36H56O4. The smallest absolute Gasteiger partial charge is 0.143 e. The van der Waals surface area contributed by atoms with Crippen molar-refractivity contribution >= 4 is 12.1 Å². The van der Waals surface area contributed by atoms with Gasteiger partial charge in [-0.15, -0.1) is 0 Å². The highest BCUT2D eigenvalue weighted by Crippen LogP contribution is 2.80. The number of carbonyl (C=O) groups is 2. The summed E-state index contributed by atoms with van der Waals surface area (Å²) in [6.07, 6.45) is 11.6. The Kier molecular flexibility index (Phi) is 6.88. The van der Waals surface area contributed by atoms with Crippen LogP contribution in [0.3, 0.4) is 0 Å². The topological polar surface area (TPSA) is 74.6 Å². The van der Waals surface area contributed by atoms with E-state index >= 15 is 0 Å². The van der Waals surface area contributed by atoms with E-state index in [4.69, 9.17) is 0 Å². The van der Waals surface area contributed by atoms with Crippen LogP contribution in [0.15, 0.2) is 36.0 Å². The van der Waals surface area contributed by atoms with Gasteiger partial charge in [-0.2, -0.15) is 0 Å². The zero-order valence-electron chi connectivity index (χ0n) is 27.3. The molecule has 0 radical (unpaired) electrons. The quantitative estimate of drug-likeness (QED) is 0.209. The first-order chi connectivity index (χ1) is 18.0. The van der Waals surface area contributed by atoms with Crippen LogP contribution in [0.4, 0.5) is 0 Å². The maximum absolute atomic E-state index is 14.8. The lowest BCUT2D eigenvalue weighted by Crippen LogP contribution is -2.71. The molecule has 0 aliphatic heterocycles. The largest absolute Gasteiger partial charge is 0.395 e. The fourth-order valence-corrected chi connectivity index (χ4v) is 10.4. The number of Topliss-reactive ketones (excluding diaryl/α,β-unsaturated/α-hetero) is 1. The van der Waals surface area contributed by atoms with E-state index in [9.17, 15) is 19.8 Å². The van der Waals surface area contributed by atoms with E-state index in [2.05, 4.69) is 81.0 Å². The molecule has 4 rings (SSSR count). The van der Waals surface area contributed by atoms with Gasteiger partial charge in [0, 0.05) is 22.7 Å². The molecule has 8 unspecified atom stereocenters. The van der Waals surface area contributed by atoms with Crippen molar-refractivity contribution in [1.29, 1.82) is 0 Å². The summed E-state index contributed by atoms with van der Waals surface area (Å²) in [6, 6.07) is 0. The zero-order chi connectivity index (χ0) is 30.6. The van der Waals surface area contributed by atoms with Crippen molar-refractivity contribution in [3.8, 4) is 0 Å². The van der Waals surface area contributed by atoms with E-state index in [0.29, 0.717) is 31.3 Å². The minimum atomic E-state index is -1.21. The van der Waals surface area contributed by atoms with Crippen LogP contribution in [0, 0.1) is 49.2 Å². The first kappa shape index (κ1) is 31.4. The second kappa shape index (κ2) is 8.75. The molecule has 0 saturated heterocycles. The third-order valence-electron chi connectivity index (χ3n) is 14.4. The van der Waals surface area contributed by atoms with Crippen LogP contribution in [-0.4, -0.2) is 34.5 Å². The number of aliphatic hydroxyl groups excluding tert-OH is 1. The van der Waals surface area contributed by atoms with Gasteiger partial charge >= 0.3 is 0 Å². The second-order valence-electron chi connectivity index (χ2n) is 17.0. The summed E-state index contributed by atoms with van der Waals surface area (Å²) in [4.78, 5) is 27.2. The molecule has 4 nitrogen and oxygen atoms in total. The molecule has 0 amide bonds. The van der Waals surface area contributed by atoms with Crippen LogP contribution in [0.1, 0.15) is 115 Å². The van der Waals surface area contributed by atoms with Gasteiger partial charge in [-0.3, -0.25) is 4.79 Å². The van der Waals surface area contributed by atoms with Crippen LogP contribution >= 0.6 is 0 Å². The highest BCUT2D eigenvalue weighted by atomic mass is 16.3. The lowest BCUT2D eigenvalue weighted by atomic mass is 9.32. The predicted molar refractivity (Wildman–Crippen MR) is 163 cm³/mol. The summed E-state index contributed by atoms with van der Waals surface area (Å²) >= 11 is 0. The predicted octanol–water partition coefficient (Wildman–Crippen LogP) is 7.64. The minimum Gasteiger partial charge on any atom is -0.395 e. The third kappa shape index (κ3) is 3.44. The molecule has 8 atom stereocenters. The van der Waals surface area contributed by atoms with Crippen molar-refractivity contribution in [1.82, 2.24) is 0 Å². The summed E-state index contributed by atoms with van der Waals surface area (Å²) in [5.41, 5.74) is -3.12. The molecule has 4 aliphatic rings. The molecule has 0 spiro atoms. The molecule has 3 fully saturated rings. The van der Waals surface area contributed by atoms with Gasteiger partial charge < -0.3 is 15.0 Å². The molecule has 40 heavy (non-hydrogen) atoms. The molecule has 0 aromatic rings. The molecule has 2 N–H and O–H groups in total. The number of aldehydes is 1. The van der Waals surface area contributed by atoms with Crippen LogP contribution in [0.5, 0.6) is 0 Å². The Hall–Kier alpha value is -1.52. The number of allylic oxidation sites excluding steroid dienone is 3. The average Bonchev–Trinajstić information content (AvgIpc) is 3.07. The number of carbonyl (C=O) groups excluding carboxylic acids is 2. The number of hydrogen-bond donors (Lipinski definition) is 2. The van der Waals surface area contributed by atoms with E-state index in [1.54, 1.807) is 0 Å². The van der Waals surface area contributed by atoms with Gasteiger partial charge in [-0.25, -0.2) is 0 Å². The van der Waals surface area contributed by atoms with E-state index in [1.165, 1.54) is 5.57 Å². The third-order valence-corrected chi connectivity index (χ3v) is 14.4. The first-order valence-corrected chi connectivity index (χ1v) is 15.4. The Morgan fingerprint density at radius 2 is 1.62 bits per heavy atom. The highest BCUT2D eigenvalue weighted by Gasteiger charge is 2.78. The van der Waals surface area contributed by atoms with Crippen molar-refractivity contribution in [2.75, 3.05) is 6.61 Å². The lowest BCUT2D eigenvalue weighted by molar-refractivity contribution is -0.215. The van der Waals surface area contributed by atoms with Crippen molar-refractivity contribution in [2.45, 2.75) is 120 Å². The molecule has 0 heterocycles. The molecular weight excluding hydrogens is 496 g/mol. The summed E-state index contributed by atoms with van der Waals surface area (Å²) in [7, 11) is 0. The Morgan fingerprint density at radius 1 is 1.02 bits per heavy atom. The van der Waals surface area contributed by atoms with Crippen molar-refractivity contribution in [2.24, 2.45) is 49.2 Å². The van der Waals surface area contributed by atoms with E-state index in [1.807, 2.05) is 19.9 Å². The SMILES string of the molecule is C=C(C=CC(C)(C)C)C(C)(O)C1(C)CCC2(C)C3CC=C4C(C)(C)C(C)(C=O)CCC4(C)C3(CO)C(=O)CC21C. The normalized spacial score (nSPS) is 46.2. The maximum Gasteiger partial charge on any atom is 0.143 e. The number of ketones is 1. The number of fused-ring (bicyclic) bond motifs is 5. The molecule has 3 saturated carbocycles. The van der Waals surface area contributed by atoms with Crippen molar-refractivity contribution in [3.63, 3.8) is 0 Å². The lowest BCUT2D eigenvalue weighted by Gasteiger charge is -2.71. The van der Waals surface area contributed by atoms with E-state index < -0.39 is 38.1 Å². The molecule has 224 valence electrons. The molecule has 0 bridgehead atoms. The van der Waals surface area contributed by atoms with Gasteiger partial charge in [0.15, 0.2) is 0 Å². The highest BCUT2D eigenvalue weighted by molar-refractivity contribution is 5.90. The number of hydrogen-bond acceptors (Lipinski definition) is 4. The van der Waals surface area contributed by atoms with Crippen LogP contribution in [0.25, 0.3) is 0 Å². The standard InChI is InChI=1S/C36H56O4/c1-24(15-16-28(2,3)4)35(12,40)33(10)20-19-31(8)26-14-13-25-29(5,6)30(7,22-37)17-18-32(25,9)36(26,23-38)27(39)21-34(31,33)11/h13,15-16,22,26,38,40H,1,14,17-21,23H2,2-12H3. The van der Waals surface area contributed by atoms with Crippen LogP contribution in [-0.2, 0) is 9.59 Å². The van der Waals surface area contributed by atoms with Crippen molar-refractivity contribution in [3.05, 3.63) is 36.0 Å². The zero-order valence-corrected chi connectivity index (χ0v) is 27.3. The summed E-state index contributed by atoms with van der Waals surface area (Å²) in [5.74, 6) is 0.0655. The van der Waals surface area contributed by atoms with E-state index in [-0.39, 0.29) is 29.1 Å². The minimum absolute atomic E-state index is 0.0369. The van der Waals surface area contributed by atoms with Gasteiger partial charge in [0.25, 0.3) is 0 Å². The monoisotopic (exact) mass is 552 g/mol. The van der Waals surface area contributed by atoms with Crippen molar-refractivity contribution < 1.29 is 19.8 Å². The summed E-state index contributed by atoms with van der Waals surface area (Å²) in [5, 5.41) is 23.7. The van der Waals surface area contributed by atoms with Gasteiger partial charge in [0.2, 0.25) is 0 Å². The Bertz CT molecular complexity index is 1180.